The second-order valence-electron chi connectivity index (χ2n) is 7.05. The van der Waals surface area contributed by atoms with Gasteiger partial charge in [-0.2, -0.15) is 0 Å². The first-order valence-electron chi connectivity index (χ1n) is 10.7. The highest BCUT2D eigenvalue weighted by molar-refractivity contribution is 5.91. The van der Waals surface area contributed by atoms with Gasteiger partial charge in [0.15, 0.2) is 0 Å². The van der Waals surface area contributed by atoms with Gasteiger partial charge in [-0.15, -0.1) is 0 Å². The van der Waals surface area contributed by atoms with Gasteiger partial charge in [0.25, 0.3) is 0 Å². The molecule has 30 heavy (non-hydrogen) atoms. The highest BCUT2D eigenvalue weighted by Crippen LogP contribution is 2.17. The van der Waals surface area contributed by atoms with Gasteiger partial charge in [0.05, 0.1) is 13.2 Å². The Hall–Kier alpha value is -3.02. The van der Waals surface area contributed by atoms with E-state index < -0.39 is 0 Å². The molecule has 2 rings (SSSR count). The van der Waals surface area contributed by atoms with Crippen LogP contribution in [0.5, 0.6) is 11.5 Å². The van der Waals surface area contributed by atoms with Crippen molar-refractivity contribution in [2.75, 3.05) is 23.8 Å². The van der Waals surface area contributed by atoms with Crippen molar-refractivity contribution < 1.29 is 19.1 Å². The first kappa shape index (κ1) is 23.3. The largest absolute Gasteiger partial charge is 0.494 e. The molecule has 0 aromatic heterocycles. The van der Waals surface area contributed by atoms with Crippen LogP contribution in [0.2, 0.25) is 0 Å². The van der Waals surface area contributed by atoms with Gasteiger partial charge in [0.2, 0.25) is 11.8 Å². The van der Waals surface area contributed by atoms with E-state index in [9.17, 15) is 9.59 Å². The van der Waals surface area contributed by atoms with Crippen molar-refractivity contribution in [3.05, 3.63) is 48.5 Å². The lowest BCUT2D eigenvalue weighted by Gasteiger charge is -2.08. The number of anilines is 2. The molecule has 0 fully saturated rings. The van der Waals surface area contributed by atoms with E-state index in [-0.39, 0.29) is 11.8 Å². The Balaban J connectivity index is 1.61. The Morgan fingerprint density at radius 2 is 1.03 bits per heavy atom. The van der Waals surface area contributed by atoms with Gasteiger partial charge in [0, 0.05) is 24.2 Å². The molecule has 6 heteroatoms. The predicted molar refractivity (Wildman–Crippen MR) is 120 cm³/mol. The van der Waals surface area contributed by atoms with Gasteiger partial charge in [-0.25, -0.2) is 0 Å². The average Bonchev–Trinajstić information content (AvgIpc) is 2.76. The maximum atomic E-state index is 12.1. The Morgan fingerprint density at radius 3 is 1.37 bits per heavy atom. The van der Waals surface area contributed by atoms with Gasteiger partial charge < -0.3 is 20.1 Å². The minimum absolute atomic E-state index is 0.0553. The Kier molecular flexibility index (Phi) is 10.3. The summed E-state index contributed by atoms with van der Waals surface area (Å²) in [6.45, 7) is 5.47. The van der Waals surface area contributed by atoms with E-state index in [1.807, 2.05) is 48.5 Å². The van der Waals surface area contributed by atoms with Crippen LogP contribution in [0, 0.1) is 0 Å². The van der Waals surface area contributed by atoms with E-state index in [2.05, 4.69) is 24.5 Å². The lowest BCUT2D eigenvalue weighted by Crippen LogP contribution is -2.13. The second kappa shape index (κ2) is 13.2. The zero-order valence-corrected chi connectivity index (χ0v) is 17.9. The molecule has 2 amide bonds. The first-order chi connectivity index (χ1) is 14.6. The van der Waals surface area contributed by atoms with Crippen molar-refractivity contribution in [3.8, 4) is 11.5 Å². The summed E-state index contributed by atoms with van der Waals surface area (Å²) < 4.78 is 11.0. The number of carbonyl (C=O) groups is 2. The summed E-state index contributed by atoms with van der Waals surface area (Å²) in [5, 5.41) is 5.73. The zero-order chi connectivity index (χ0) is 21.6. The van der Waals surface area contributed by atoms with Crippen LogP contribution in [0.1, 0.15) is 52.4 Å². The number of hydrogen-bond donors (Lipinski definition) is 2. The van der Waals surface area contributed by atoms with E-state index in [1.165, 1.54) is 0 Å². The maximum absolute atomic E-state index is 12.1. The maximum Gasteiger partial charge on any atom is 0.224 e. The molecule has 2 aromatic rings. The highest BCUT2D eigenvalue weighted by Gasteiger charge is 2.06. The van der Waals surface area contributed by atoms with Gasteiger partial charge in [0.1, 0.15) is 11.5 Å². The summed E-state index contributed by atoms with van der Waals surface area (Å²) in [4.78, 5) is 24.1. The molecule has 0 bridgehead atoms. The van der Waals surface area contributed by atoms with Crippen molar-refractivity contribution >= 4 is 23.2 Å². The molecule has 0 aliphatic rings. The SMILES string of the molecule is CCCOc1ccc(NC(=O)CCCCC(=O)Nc2ccc(OCCC)cc2)cc1. The van der Waals surface area contributed by atoms with Crippen LogP contribution in [0.15, 0.2) is 48.5 Å². The van der Waals surface area contributed by atoms with Crippen LogP contribution in [-0.2, 0) is 9.59 Å². The zero-order valence-electron chi connectivity index (χ0n) is 17.9. The monoisotopic (exact) mass is 412 g/mol. The molecule has 0 saturated carbocycles. The van der Waals surface area contributed by atoms with E-state index in [0.29, 0.717) is 38.9 Å². The highest BCUT2D eigenvalue weighted by atomic mass is 16.5. The summed E-state index contributed by atoms with van der Waals surface area (Å²) in [6, 6.07) is 14.7. The number of benzene rings is 2. The van der Waals surface area contributed by atoms with Gasteiger partial charge in [-0.05, 0) is 74.2 Å². The molecule has 0 aliphatic heterocycles. The van der Waals surface area contributed by atoms with Crippen LogP contribution < -0.4 is 20.1 Å². The van der Waals surface area contributed by atoms with Crippen molar-refractivity contribution in [2.24, 2.45) is 0 Å². The molecule has 0 unspecified atom stereocenters. The number of amides is 2. The molecule has 0 heterocycles. The van der Waals surface area contributed by atoms with E-state index in [1.54, 1.807) is 0 Å². The van der Waals surface area contributed by atoms with Crippen molar-refractivity contribution in [3.63, 3.8) is 0 Å². The van der Waals surface area contributed by atoms with Gasteiger partial charge in [-0.3, -0.25) is 9.59 Å². The number of hydrogen-bond acceptors (Lipinski definition) is 4. The third-order valence-electron chi connectivity index (χ3n) is 4.28. The van der Waals surface area contributed by atoms with Crippen molar-refractivity contribution in [1.29, 1.82) is 0 Å². The molecular weight excluding hydrogens is 380 g/mol. The Bertz CT molecular complexity index is 705. The van der Waals surface area contributed by atoms with Crippen molar-refractivity contribution in [2.45, 2.75) is 52.4 Å². The summed E-state index contributed by atoms with van der Waals surface area (Å²) in [6.07, 6.45) is 3.98. The predicted octanol–water partition coefficient (Wildman–Crippen LogP) is 5.40. The number of nitrogens with one attached hydrogen (secondary N) is 2. The van der Waals surface area contributed by atoms with Crippen LogP contribution in [0.25, 0.3) is 0 Å². The molecule has 0 spiro atoms. The lowest BCUT2D eigenvalue weighted by molar-refractivity contribution is -0.118. The fourth-order valence-electron chi connectivity index (χ4n) is 2.73. The van der Waals surface area contributed by atoms with Crippen molar-refractivity contribution in [1.82, 2.24) is 0 Å². The summed E-state index contributed by atoms with van der Waals surface area (Å²) >= 11 is 0. The molecule has 162 valence electrons. The summed E-state index contributed by atoms with van der Waals surface area (Å²) in [7, 11) is 0. The third kappa shape index (κ3) is 8.99. The molecule has 2 N–H and O–H groups in total. The topological polar surface area (TPSA) is 76.7 Å². The normalized spacial score (nSPS) is 10.3. The fourth-order valence-corrected chi connectivity index (χ4v) is 2.73. The van der Waals surface area contributed by atoms with E-state index in [4.69, 9.17) is 9.47 Å². The van der Waals surface area contributed by atoms with E-state index in [0.717, 1.165) is 35.7 Å². The third-order valence-corrected chi connectivity index (χ3v) is 4.28. The lowest BCUT2D eigenvalue weighted by atomic mass is 10.1. The summed E-state index contributed by atoms with van der Waals surface area (Å²) in [5.74, 6) is 1.48. The molecule has 6 nitrogen and oxygen atoms in total. The minimum atomic E-state index is -0.0553. The smallest absolute Gasteiger partial charge is 0.224 e. The van der Waals surface area contributed by atoms with Crippen LogP contribution >= 0.6 is 0 Å². The molecule has 0 atom stereocenters. The number of carbonyl (C=O) groups excluding carboxylic acids is 2. The second-order valence-corrected chi connectivity index (χ2v) is 7.05. The van der Waals surface area contributed by atoms with Gasteiger partial charge in [-0.1, -0.05) is 13.8 Å². The van der Waals surface area contributed by atoms with Crippen LogP contribution in [-0.4, -0.2) is 25.0 Å². The molecule has 2 aromatic carbocycles. The number of rotatable bonds is 13. The fraction of sp³-hybridized carbons (Fsp3) is 0.417. The summed E-state index contributed by atoms with van der Waals surface area (Å²) in [5.41, 5.74) is 1.49. The first-order valence-corrected chi connectivity index (χ1v) is 10.7. The van der Waals surface area contributed by atoms with Crippen LogP contribution in [0.3, 0.4) is 0 Å². The van der Waals surface area contributed by atoms with Gasteiger partial charge >= 0.3 is 0 Å². The Labute approximate surface area is 179 Å². The quantitative estimate of drug-likeness (QED) is 0.432. The molecule has 0 radical (unpaired) electrons. The average molecular weight is 413 g/mol. The van der Waals surface area contributed by atoms with Crippen LogP contribution in [0.4, 0.5) is 11.4 Å². The Morgan fingerprint density at radius 1 is 0.667 bits per heavy atom. The number of unbranched alkanes of at least 4 members (excludes halogenated alkanes) is 1. The minimum Gasteiger partial charge on any atom is -0.494 e. The standard InChI is InChI=1S/C24H32N2O4/c1-3-17-29-21-13-9-19(10-14-21)25-23(27)7-5-6-8-24(28)26-20-11-15-22(16-12-20)30-18-4-2/h9-16H,3-8,17-18H2,1-2H3,(H,25,27)(H,26,28). The molecule has 0 aliphatic carbocycles. The number of ether oxygens (including phenoxy) is 2. The molecule has 0 saturated heterocycles. The molecular formula is C24H32N2O4. The van der Waals surface area contributed by atoms with E-state index >= 15 is 0 Å².